The zero-order chi connectivity index (χ0) is 37.3. The van der Waals surface area contributed by atoms with Gasteiger partial charge in [-0.15, -0.1) is 0 Å². The quantitative estimate of drug-likeness (QED) is 0.164. The molecule has 2 aromatic carbocycles. The van der Waals surface area contributed by atoms with Gasteiger partial charge in [-0.1, -0.05) is 18.6 Å². The topological polar surface area (TPSA) is 247 Å². The van der Waals surface area contributed by atoms with Crippen LogP contribution in [0.4, 0.5) is 0 Å². The second-order valence-electron chi connectivity index (χ2n) is 13.5. The molecule has 1 saturated heterocycles. The molecule has 1 saturated carbocycles. The first-order chi connectivity index (χ1) is 25.5. The number of phenols is 1. The number of aliphatic carboxylic acids is 1. The van der Waals surface area contributed by atoms with Gasteiger partial charge < -0.3 is 54.3 Å². The van der Waals surface area contributed by atoms with Gasteiger partial charge in [0.15, 0.2) is 23.3 Å². The fraction of sp³-hybridized carbons (Fsp3) is 0.432. The highest BCUT2D eigenvalue weighted by molar-refractivity contribution is 6.13. The number of amidine groups is 1. The lowest BCUT2D eigenvalue weighted by molar-refractivity contribution is -0.303. The van der Waals surface area contributed by atoms with Crippen molar-refractivity contribution >= 4 is 35.3 Å². The van der Waals surface area contributed by atoms with Crippen molar-refractivity contribution < 1.29 is 64.5 Å². The predicted octanol–water partition coefficient (Wildman–Crippen LogP) is 1.59. The van der Waals surface area contributed by atoms with E-state index in [1.807, 2.05) is 6.08 Å². The van der Waals surface area contributed by atoms with E-state index >= 15 is 0 Å². The summed E-state index contributed by atoms with van der Waals surface area (Å²) in [5, 5.41) is 72.2. The molecule has 2 fully saturated rings. The average molecular weight is 734 g/mol. The number of phenolic OH excluding ortho intramolecular Hbond substituents is 1. The molecule has 16 heteroatoms. The van der Waals surface area contributed by atoms with Crippen molar-refractivity contribution in [3.05, 3.63) is 59.7 Å². The Morgan fingerprint density at radius 1 is 1.06 bits per heavy atom. The van der Waals surface area contributed by atoms with Gasteiger partial charge >= 0.3 is 11.8 Å². The third-order valence-corrected chi connectivity index (χ3v) is 9.78. The number of nitrogens with zero attached hydrogens (tertiary/aromatic N) is 3. The van der Waals surface area contributed by atoms with E-state index in [0.29, 0.717) is 43.0 Å². The van der Waals surface area contributed by atoms with E-state index < -0.39 is 54.4 Å². The Bertz CT molecular complexity index is 1900. The number of fused-ring (bicyclic) bond motifs is 1. The van der Waals surface area contributed by atoms with Gasteiger partial charge in [-0.25, -0.2) is 9.79 Å². The van der Waals surface area contributed by atoms with E-state index in [-0.39, 0.29) is 46.9 Å². The molecular weight excluding hydrogens is 692 g/mol. The number of hydrogen-bond donors (Lipinski definition) is 7. The third-order valence-electron chi connectivity index (χ3n) is 9.78. The maximum atomic E-state index is 12.4. The van der Waals surface area contributed by atoms with E-state index in [4.69, 9.17) is 29.1 Å². The summed E-state index contributed by atoms with van der Waals surface area (Å²) in [5.74, 6) is -1.82. The van der Waals surface area contributed by atoms with E-state index in [9.17, 15) is 35.4 Å². The minimum absolute atomic E-state index is 0.0170. The lowest BCUT2D eigenvalue weighted by Gasteiger charge is -2.46. The van der Waals surface area contributed by atoms with Crippen LogP contribution in [0.2, 0.25) is 0 Å². The lowest BCUT2D eigenvalue weighted by atomic mass is 9.80. The second-order valence-corrected chi connectivity index (χ2v) is 13.5. The summed E-state index contributed by atoms with van der Waals surface area (Å²) in [6.07, 6.45) is 1.41. The zero-order valence-corrected chi connectivity index (χ0v) is 28.6. The van der Waals surface area contributed by atoms with Crippen LogP contribution in [-0.4, -0.2) is 110 Å². The largest absolute Gasteiger partial charge is 0.507 e. The predicted molar refractivity (Wildman–Crippen MR) is 189 cm³/mol. The molecular formula is C37H41N4O12+. The molecule has 8 N–H and O–H groups in total. The molecule has 0 bridgehead atoms. The van der Waals surface area contributed by atoms with Crippen LogP contribution in [0, 0.1) is 0 Å². The van der Waals surface area contributed by atoms with Gasteiger partial charge in [0.25, 0.3) is 0 Å². The minimum Gasteiger partial charge on any atom is -0.507 e. The Balaban J connectivity index is 1.14. The number of ether oxygens (including phenoxy) is 5. The Morgan fingerprint density at radius 2 is 1.83 bits per heavy atom. The zero-order valence-electron chi connectivity index (χ0n) is 28.6. The monoisotopic (exact) mass is 733 g/mol. The molecule has 4 heterocycles. The maximum absolute atomic E-state index is 12.4. The maximum Gasteiger partial charge on any atom is 0.336 e. The number of carboxylic acid groups (broad SMARTS) is 1. The number of hydrogen-bond acceptors (Lipinski definition) is 13. The van der Waals surface area contributed by atoms with Crippen LogP contribution in [0.1, 0.15) is 62.2 Å². The van der Waals surface area contributed by atoms with E-state index in [0.717, 1.165) is 25.0 Å². The Hall–Kier alpha value is -5.29. The van der Waals surface area contributed by atoms with Crippen molar-refractivity contribution in [1.82, 2.24) is 0 Å². The summed E-state index contributed by atoms with van der Waals surface area (Å²) in [7, 11) is 0. The first kappa shape index (κ1) is 36.1. The number of aliphatic hydroxyl groups excluding tert-OH is 3. The first-order valence-electron chi connectivity index (χ1n) is 17.4. The summed E-state index contributed by atoms with van der Waals surface area (Å²) >= 11 is 0. The third kappa shape index (κ3) is 7.48. The number of aromatic hydroxyl groups is 1. The van der Waals surface area contributed by atoms with Crippen LogP contribution in [0.25, 0.3) is 5.76 Å². The number of aliphatic imine (C=N–C) groups is 3. The SMILES string of the molecule is [NH2+]=C1C=CC(CCOc2ccc(C3C=C(O)c4c(cc(OC5OC(C(=O)O)C(O)(CC6=NC=NC6)C(O)C5O)c(OC5CCCCC5)c4O)O3)cc2)=N1. The standard InChI is InChI=1S/C37H40N4O12/c38-28-11-8-20(41-28)12-13-49-22-9-6-19(7-10-22)25-14-24(42)29-26(51-25)15-27(32(30(29)43)50-23-4-2-1-3-5-23)52-36-31(44)33(45)37(48,34(53-36)35(46)47)16-21-17-39-18-40-21/h6-11,14-15,18,23,25,31,33-34,36,38,42-45,48H,1-5,12-13,16-17H2,(H,46,47)/p+1. The minimum atomic E-state index is -2.49. The number of allylic oxidation sites excluding steroid dienone is 1. The van der Waals surface area contributed by atoms with Crippen LogP contribution < -0.4 is 24.4 Å². The van der Waals surface area contributed by atoms with Crippen LogP contribution in [-0.2, 0) is 9.53 Å². The Morgan fingerprint density at radius 3 is 2.51 bits per heavy atom. The van der Waals surface area contributed by atoms with Crippen molar-refractivity contribution in [1.29, 1.82) is 0 Å². The van der Waals surface area contributed by atoms with Crippen LogP contribution >= 0.6 is 0 Å². The molecule has 53 heavy (non-hydrogen) atoms. The summed E-state index contributed by atoms with van der Waals surface area (Å²) < 4.78 is 29.9. The highest BCUT2D eigenvalue weighted by Gasteiger charge is 2.59. The highest BCUT2D eigenvalue weighted by Crippen LogP contribution is 2.52. The number of nitrogens with two attached hydrogens (primary N) is 1. The van der Waals surface area contributed by atoms with Crippen molar-refractivity contribution in [2.24, 2.45) is 15.0 Å². The fourth-order valence-electron chi connectivity index (χ4n) is 7.01. The molecule has 16 nitrogen and oxygen atoms in total. The summed E-state index contributed by atoms with van der Waals surface area (Å²) in [5.41, 5.74) is -0.806. The average Bonchev–Trinajstić information content (AvgIpc) is 3.81. The smallest absolute Gasteiger partial charge is 0.336 e. The van der Waals surface area contributed by atoms with Crippen LogP contribution in [0.3, 0.4) is 0 Å². The molecule has 1 aliphatic carbocycles. The van der Waals surface area contributed by atoms with Crippen LogP contribution in [0.15, 0.2) is 63.5 Å². The molecule has 0 amide bonds. The van der Waals surface area contributed by atoms with Gasteiger partial charge in [0.05, 0.1) is 19.3 Å². The number of carbonyl (C=O) groups is 1. The molecule has 5 aliphatic rings. The number of carboxylic acids is 1. The molecule has 0 spiro atoms. The summed E-state index contributed by atoms with van der Waals surface area (Å²) in [6.45, 7) is 0.460. The summed E-state index contributed by atoms with van der Waals surface area (Å²) in [6, 6.07) is 8.34. The molecule has 7 rings (SSSR count). The second kappa shape index (κ2) is 15.0. The van der Waals surface area contributed by atoms with E-state index in [2.05, 4.69) is 15.0 Å². The number of benzene rings is 2. The van der Waals surface area contributed by atoms with Crippen molar-refractivity contribution in [3.8, 4) is 28.7 Å². The van der Waals surface area contributed by atoms with Gasteiger partial charge in [-0.05, 0) is 54.4 Å². The van der Waals surface area contributed by atoms with E-state index in [1.54, 1.807) is 30.3 Å². The molecule has 6 unspecified atom stereocenters. The van der Waals surface area contributed by atoms with Crippen molar-refractivity contribution in [3.63, 3.8) is 0 Å². The molecule has 4 aliphatic heterocycles. The van der Waals surface area contributed by atoms with E-state index in [1.165, 1.54) is 18.5 Å². The van der Waals surface area contributed by atoms with Gasteiger partial charge in [0.1, 0.15) is 53.1 Å². The molecule has 280 valence electrons. The van der Waals surface area contributed by atoms with Gasteiger partial charge in [-0.3, -0.25) is 10.4 Å². The van der Waals surface area contributed by atoms with Crippen molar-refractivity contribution in [2.45, 2.75) is 87.4 Å². The lowest BCUT2D eigenvalue weighted by Crippen LogP contribution is -2.69. The number of rotatable bonds is 12. The Labute approximate surface area is 303 Å². The highest BCUT2D eigenvalue weighted by atomic mass is 16.7. The Kier molecular flexibility index (Phi) is 10.2. The van der Waals surface area contributed by atoms with Gasteiger partial charge in [-0.2, -0.15) is 0 Å². The van der Waals surface area contributed by atoms with Gasteiger partial charge in [0, 0.05) is 36.8 Å². The van der Waals surface area contributed by atoms with Crippen LogP contribution in [0.5, 0.6) is 28.7 Å². The van der Waals surface area contributed by atoms with Crippen molar-refractivity contribution in [2.75, 3.05) is 13.2 Å². The fourth-order valence-corrected chi connectivity index (χ4v) is 7.01. The number of aliphatic hydroxyl groups is 4. The molecule has 0 radical (unpaired) electrons. The molecule has 6 atom stereocenters. The summed E-state index contributed by atoms with van der Waals surface area (Å²) in [4.78, 5) is 24.5. The molecule has 0 aromatic heterocycles. The first-order valence-corrected chi connectivity index (χ1v) is 17.4. The normalized spacial score (nSPS) is 28.1. The van der Waals surface area contributed by atoms with Gasteiger partial charge in [0.2, 0.25) is 12.0 Å². The molecule has 2 aromatic rings.